The van der Waals surface area contributed by atoms with Crippen LogP contribution < -0.4 is 5.73 Å². The molecular formula is C9H17NO2S. The van der Waals surface area contributed by atoms with E-state index in [9.17, 15) is 8.42 Å². The molecule has 76 valence electrons. The predicted molar refractivity (Wildman–Crippen MR) is 52.1 cm³/mol. The quantitative estimate of drug-likeness (QED) is 0.713. The van der Waals surface area contributed by atoms with Crippen molar-refractivity contribution in [2.24, 2.45) is 17.1 Å². The van der Waals surface area contributed by atoms with E-state index in [1.165, 1.54) is 6.26 Å². The summed E-state index contributed by atoms with van der Waals surface area (Å²) in [6.45, 7) is 0.659. The van der Waals surface area contributed by atoms with Gasteiger partial charge in [-0.2, -0.15) is 0 Å². The SMILES string of the molecule is CS(=O)(=O)C1CCCC12CC2CN. The maximum absolute atomic E-state index is 11.5. The van der Waals surface area contributed by atoms with Gasteiger partial charge in [0.05, 0.1) is 5.25 Å². The van der Waals surface area contributed by atoms with Crippen molar-refractivity contribution in [2.75, 3.05) is 12.8 Å². The smallest absolute Gasteiger partial charge is 0.150 e. The molecule has 0 aromatic rings. The normalized spacial score (nSPS) is 44.2. The Morgan fingerprint density at radius 2 is 2.23 bits per heavy atom. The van der Waals surface area contributed by atoms with E-state index in [4.69, 9.17) is 5.73 Å². The lowest BCUT2D eigenvalue weighted by Gasteiger charge is -2.17. The first-order valence-corrected chi connectivity index (χ1v) is 6.85. The Morgan fingerprint density at radius 3 is 2.69 bits per heavy atom. The van der Waals surface area contributed by atoms with E-state index < -0.39 is 9.84 Å². The van der Waals surface area contributed by atoms with Gasteiger partial charge >= 0.3 is 0 Å². The van der Waals surface area contributed by atoms with Crippen LogP contribution in [0, 0.1) is 11.3 Å². The van der Waals surface area contributed by atoms with E-state index in [1.54, 1.807) is 0 Å². The fourth-order valence-corrected chi connectivity index (χ4v) is 4.98. The minimum absolute atomic E-state index is 0.0893. The van der Waals surface area contributed by atoms with Crippen LogP contribution in [-0.4, -0.2) is 26.5 Å². The standard InChI is InChI=1S/C9H17NO2S/c1-13(11,12)8-3-2-4-9(8)5-7(9)6-10/h7-8H,2-6,10H2,1H3. The summed E-state index contributed by atoms with van der Waals surface area (Å²) >= 11 is 0. The molecule has 3 atom stereocenters. The summed E-state index contributed by atoms with van der Waals surface area (Å²) in [5.41, 5.74) is 5.70. The highest BCUT2D eigenvalue weighted by Crippen LogP contribution is 2.64. The van der Waals surface area contributed by atoms with Crippen LogP contribution >= 0.6 is 0 Å². The summed E-state index contributed by atoms with van der Waals surface area (Å²) in [6, 6.07) is 0. The van der Waals surface area contributed by atoms with Gasteiger partial charge in [0.1, 0.15) is 0 Å². The van der Waals surface area contributed by atoms with Crippen LogP contribution in [0.15, 0.2) is 0 Å². The Bertz CT molecular complexity index is 312. The van der Waals surface area contributed by atoms with Crippen LogP contribution in [0.5, 0.6) is 0 Å². The monoisotopic (exact) mass is 203 g/mol. The summed E-state index contributed by atoms with van der Waals surface area (Å²) in [5, 5.41) is -0.0893. The second-order valence-corrected chi connectivity index (χ2v) is 6.81. The van der Waals surface area contributed by atoms with Crippen LogP contribution in [0.3, 0.4) is 0 Å². The molecule has 2 N–H and O–H groups in total. The number of rotatable bonds is 2. The lowest BCUT2D eigenvalue weighted by atomic mass is 10.0. The molecule has 0 radical (unpaired) electrons. The average molecular weight is 203 g/mol. The molecule has 0 saturated heterocycles. The molecule has 13 heavy (non-hydrogen) atoms. The van der Waals surface area contributed by atoms with E-state index in [2.05, 4.69) is 0 Å². The molecule has 0 aromatic heterocycles. The number of sulfone groups is 1. The fraction of sp³-hybridized carbons (Fsp3) is 1.00. The molecule has 2 saturated carbocycles. The third kappa shape index (κ3) is 1.31. The number of hydrogen-bond donors (Lipinski definition) is 1. The van der Waals surface area contributed by atoms with Gasteiger partial charge in [0, 0.05) is 6.26 Å². The lowest BCUT2D eigenvalue weighted by Crippen LogP contribution is -2.28. The van der Waals surface area contributed by atoms with Gasteiger partial charge in [-0.3, -0.25) is 0 Å². The molecule has 3 nitrogen and oxygen atoms in total. The van der Waals surface area contributed by atoms with Gasteiger partial charge in [-0.25, -0.2) is 8.42 Å². The van der Waals surface area contributed by atoms with Crippen molar-refractivity contribution in [1.29, 1.82) is 0 Å². The molecule has 2 aliphatic rings. The fourth-order valence-electron chi connectivity index (χ4n) is 3.12. The predicted octanol–water partition coefficient (Wildman–Crippen LogP) is 0.549. The summed E-state index contributed by atoms with van der Waals surface area (Å²) < 4.78 is 23.0. The van der Waals surface area contributed by atoms with Gasteiger partial charge in [0.25, 0.3) is 0 Å². The molecule has 0 aromatic carbocycles. The zero-order chi connectivity index (χ0) is 9.69. The Hall–Kier alpha value is -0.0900. The molecule has 2 rings (SSSR count). The highest BCUT2D eigenvalue weighted by molar-refractivity contribution is 7.91. The minimum atomic E-state index is -2.85. The van der Waals surface area contributed by atoms with Gasteiger partial charge in [-0.05, 0) is 37.1 Å². The maximum Gasteiger partial charge on any atom is 0.150 e. The van der Waals surface area contributed by atoms with Crippen LogP contribution in [0.25, 0.3) is 0 Å². The van der Waals surface area contributed by atoms with E-state index >= 15 is 0 Å². The molecule has 3 unspecified atom stereocenters. The van der Waals surface area contributed by atoms with Gasteiger partial charge in [0.15, 0.2) is 9.84 Å². The van der Waals surface area contributed by atoms with Crippen molar-refractivity contribution in [3.05, 3.63) is 0 Å². The first-order valence-electron chi connectivity index (χ1n) is 4.89. The largest absolute Gasteiger partial charge is 0.330 e. The second kappa shape index (κ2) is 2.70. The molecule has 2 fully saturated rings. The summed E-state index contributed by atoms with van der Waals surface area (Å²) in [6.07, 6.45) is 5.41. The highest BCUT2D eigenvalue weighted by atomic mass is 32.2. The minimum Gasteiger partial charge on any atom is -0.330 e. The lowest BCUT2D eigenvalue weighted by molar-refractivity contribution is 0.463. The van der Waals surface area contributed by atoms with Gasteiger partial charge in [-0.1, -0.05) is 6.42 Å². The molecule has 0 bridgehead atoms. The van der Waals surface area contributed by atoms with Gasteiger partial charge < -0.3 is 5.73 Å². The van der Waals surface area contributed by atoms with Crippen molar-refractivity contribution in [3.8, 4) is 0 Å². The number of nitrogens with two attached hydrogens (primary N) is 1. The second-order valence-electron chi connectivity index (χ2n) is 4.58. The van der Waals surface area contributed by atoms with Crippen molar-refractivity contribution in [3.63, 3.8) is 0 Å². The molecule has 0 amide bonds. The van der Waals surface area contributed by atoms with E-state index in [0.717, 1.165) is 25.7 Å². The summed E-state index contributed by atoms with van der Waals surface area (Å²) in [7, 11) is -2.85. The van der Waals surface area contributed by atoms with E-state index in [1.807, 2.05) is 0 Å². The Balaban J connectivity index is 2.23. The van der Waals surface area contributed by atoms with Crippen LogP contribution in [0.2, 0.25) is 0 Å². The zero-order valence-corrected chi connectivity index (χ0v) is 8.81. The molecule has 0 heterocycles. The Kier molecular flexibility index (Phi) is 1.97. The molecule has 2 aliphatic carbocycles. The molecular weight excluding hydrogens is 186 g/mol. The van der Waals surface area contributed by atoms with Crippen LogP contribution in [0.1, 0.15) is 25.7 Å². The van der Waals surface area contributed by atoms with Gasteiger partial charge in [-0.15, -0.1) is 0 Å². The van der Waals surface area contributed by atoms with Gasteiger partial charge in [0.2, 0.25) is 0 Å². The Morgan fingerprint density at radius 1 is 1.54 bits per heavy atom. The van der Waals surface area contributed by atoms with E-state index in [0.29, 0.717) is 12.5 Å². The van der Waals surface area contributed by atoms with Crippen molar-refractivity contribution in [1.82, 2.24) is 0 Å². The van der Waals surface area contributed by atoms with Crippen molar-refractivity contribution >= 4 is 9.84 Å². The average Bonchev–Trinajstić information content (AvgIpc) is 2.49. The molecule has 0 aliphatic heterocycles. The summed E-state index contributed by atoms with van der Waals surface area (Å²) in [5.74, 6) is 0.481. The maximum atomic E-state index is 11.5. The molecule has 1 spiro atoms. The Labute approximate surface area is 79.6 Å². The van der Waals surface area contributed by atoms with Crippen molar-refractivity contribution < 1.29 is 8.42 Å². The zero-order valence-electron chi connectivity index (χ0n) is 7.99. The third-order valence-corrected chi connectivity index (χ3v) is 5.57. The topological polar surface area (TPSA) is 60.2 Å². The first kappa shape index (κ1) is 9.46. The summed E-state index contributed by atoms with van der Waals surface area (Å²) in [4.78, 5) is 0. The molecule has 4 heteroatoms. The van der Waals surface area contributed by atoms with Crippen LogP contribution in [-0.2, 0) is 9.84 Å². The van der Waals surface area contributed by atoms with Crippen LogP contribution in [0.4, 0.5) is 0 Å². The first-order chi connectivity index (χ1) is 6.00. The van der Waals surface area contributed by atoms with E-state index in [-0.39, 0.29) is 10.7 Å². The highest BCUT2D eigenvalue weighted by Gasteiger charge is 2.62. The van der Waals surface area contributed by atoms with Crippen molar-refractivity contribution in [2.45, 2.75) is 30.9 Å². The third-order valence-electron chi connectivity index (χ3n) is 3.83. The number of hydrogen-bond acceptors (Lipinski definition) is 3.